The minimum atomic E-state index is -2.55. The molecule has 0 aliphatic heterocycles. The molecule has 0 saturated carbocycles. The predicted molar refractivity (Wildman–Crippen MR) is 63.8 cm³/mol. The standard InChI is InChI=1S/C14H20F2/c1-13(2,9-10-14(3,15)16)11-12-7-5-4-6-8-12/h4-8H,9-11H2,1-3H3. The van der Waals surface area contributed by atoms with E-state index in [0.29, 0.717) is 6.42 Å². The fraction of sp³-hybridized carbons (Fsp3) is 0.571. The molecular formula is C14H20F2. The molecule has 0 radical (unpaired) electrons. The van der Waals surface area contributed by atoms with Crippen molar-refractivity contribution < 1.29 is 8.78 Å². The molecule has 0 heterocycles. The van der Waals surface area contributed by atoms with Crippen LogP contribution in [-0.4, -0.2) is 5.92 Å². The second-order valence-corrected chi connectivity index (χ2v) is 5.40. The van der Waals surface area contributed by atoms with Gasteiger partial charge in [-0.2, -0.15) is 0 Å². The summed E-state index contributed by atoms with van der Waals surface area (Å²) in [6.45, 7) is 5.09. The number of benzene rings is 1. The molecule has 2 heteroatoms. The molecule has 0 aliphatic rings. The van der Waals surface area contributed by atoms with E-state index in [4.69, 9.17) is 0 Å². The van der Waals surface area contributed by atoms with Gasteiger partial charge in [0.1, 0.15) is 0 Å². The molecule has 90 valence electrons. The van der Waals surface area contributed by atoms with Crippen molar-refractivity contribution in [3.8, 4) is 0 Å². The molecule has 0 aromatic heterocycles. The molecule has 0 bridgehead atoms. The van der Waals surface area contributed by atoms with Crippen LogP contribution < -0.4 is 0 Å². The molecule has 0 saturated heterocycles. The highest BCUT2D eigenvalue weighted by Crippen LogP contribution is 2.32. The summed E-state index contributed by atoms with van der Waals surface area (Å²) in [7, 11) is 0. The molecule has 0 aliphatic carbocycles. The van der Waals surface area contributed by atoms with E-state index in [1.807, 2.05) is 44.2 Å². The van der Waals surface area contributed by atoms with Crippen LogP contribution in [0.2, 0.25) is 0 Å². The second-order valence-electron chi connectivity index (χ2n) is 5.40. The maximum absolute atomic E-state index is 12.8. The van der Waals surface area contributed by atoms with Crippen molar-refractivity contribution in [3.63, 3.8) is 0 Å². The Bertz CT molecular complexity index is 309. The Kier molecular flexibility index (Phi) is 4.06. The van der Waals surface area contributed by atoms with Gasteiger partial charge in [-0.3, -0.25) is 0 Å². The predicted octanol–water partition coefficient (Wildman–Crippen LogP) is 4.69. The molecule has 1 aromatic rings. The Morgan fingerprint density at radius 1 is 0.938 bits per heavy atom. The highest BCUT2D eigenvalue weighted by Gasteiger charge is 2.26. The lowest BCUT2D eigenvalue weighted by Gasteiger charge is -2.26. The second kappa shape index (κ2) is 4.94. The molecule has 0 amide bonds. The van der Waals surface area contributed by atoms with Crippen LogP contribution >= 0.6 is 0 Å². The summed E-state index contributed by atoms with van der Waals surface area (Å²) in [6.07, 6.45) is 1.36. The van der Waals surface area contributed by atoms with Gasteiger partial charge < -0.3 is 0 Å². The van der Waals surface area contributed by atoms with Crippen LogP contribution in [0.3, 0.4) is 0 Å². The van der Waals surface area contributed by atoms with Gasteiger partial charge in [-0.25, -0.2) is 8.78 Å². The molecule has 0 atom stereocenters. The smallest absolute Gasteiger partial charge is 0.207 e. The first-order valence-corrected chi connectivity index (χ1v) is 5.70. The van der Waals surface area contributed by atoms with E-state index in [2.05, 4.69) is 0 Å². The lowest BCUT2D eigenvalue weighted by Crippen LogP contribution is -2.20. The minimum absolute atomic E-state index is 0.0349. The Hall–Kier alpha value is -0.920. The summed E-state index contributed by atoms with van der Waals surface area (Å²) in [6, 6.07) is 10.0. The molecule has 0 N–H and O–H groups in total. The average Bonchev–Trinajstić information content (AvgIpc) is 2.15. The van der Waals surface area contributed by atoms with E-state index >= 15 is 0 Å². The highest BCUT2D eigenvalue weighted by molar-refractivity contribution is 5.16. The van der Waals surface area contributed by atoms with Crippen molar-refractivity contribution in [1.82, 2.24) is 0 Å². The van der Waals surface area contributed by atoms with Crippen LogP contribution in [0, 0.1) is 5.41 Å². The zero-order valence-electron chi connectivity index (χ0n) is 10.3. The zero-order chi connectivity index (χ0) is 12.2. The summed E-state index contributed by atoms with van der Waals surface area (Å²) in [4.78, 5) is 0. The van der Waals surface area contributed by atoms with Crippen molar-refractivity contribution in [2.45, 2.75) is 46.0 Å². The summed E-state index contributed by atoms with van der Waals surface area (Å²) >= 11 is 0. The van der Waals surface area contributed by atoms with Crippen molar-refractivity contribution in [2.24, 2.45) is 5.41 Å². The van der Waals surface area contributed by atoms with Crippen LogP contribution in [0.5, 0.6) is 0 Å². The number of alkyl halides is 2. The number of hydrogen-bond donors (Lipinski definition) is 0. The third-order valence-electron chi connectivity index (χ3n) is 2.77. The largest absolute Gasteiger partial charge is 0.245 e. The summed E-state index contributed by atoms with van der Waals surface area (Å²) in [5.74, 6) is -2.55. The van der Waals surface area contributed by atoms with Crippen LogP contribution in [0.1, 0.15) is 39.2 Å². The molecule has 16 heavy (non-hydrogen) atoms. The molecule has 0 fully saturated rings. The average molecular weight is 226 g/mol. The van der Waals surface area contributed by atoms with Gasteiger partial charge >= 0.3 is 0 Å². The Labute approximate surface area is 96.7 Å². The third-order valence-corrected chi connectivity index (χ3v) is 2.77. The first-order chi connectivity index (χ1) is 7.29. The number of hydrogen-bond acceptors (Lipinski definition) is 0. The van der Waals surface area contributed by atoms with E-state index in [9.17, 15) is 8.78 Å². The number of halogens is 2. The van der Waals surface area contributed by atoms with E-state index in [1.165, 1.54) is 5.56 Å². The zero-order valence-corrected chi connectivity index (χ0v) is 10.3. The SMILES string of the molecule is CC(F)(F)CCC(C)(C)Cc1ccccc1. The maximum atomic E-state index is 12.8. The van der Waals surface area contributed by atoms with Crippen LogP contribution in [0.15, 0.2) is 30.3 Å². The fourth-order valence-electron chi connectivity index (χ4n) is 1.79. The quantitative estimate of drug-likeness (QED) is 0.683. The highest BCUT2D eigenvalue weighted by atomic mass is 19.3. The molecule has 0 spiro atoms. The van der Waals surface area contributed by atoms with Crippen LogP contribution in [0.4, 0.5) is 8.78 Å². The van der Waals surface area contributed by atoms with Gasteiger partial charge in [0.05, 0.1) is 0 Å². The molecule has 0 unspecified atom stereocenters. The molecule has 1 rings (SSSR count). The van der Waals surface area contributed by atoms with E-state index < -0.39 is 5.92 Å². The Morgan fingerprint density at radius 2 is 1.50 bits per heavy atom. The van der Waals surface area contributed by atoms with Gasteiger partial charge in [0, 0.05) is 6.42 Å². The van der Waals surface area contributed by atoms with E-state index in [1.54, 1.807) is 0 Å². The first-order valence-electron chi connectivity index (χ1n) is 5.70. The lowest BCUT2D eigenvalue weighted by atomic mass is 9.81. The van der Waals surface area contributed by atoms with Gasteiger partial charge in [-0.05, 0) is 30.7 Å². The van der Waals surface area contributed by atoms with Crippen molar-refractivity contribution in [1.29, 1.82) is 0 Å². The van der Waals surface area contributed by atoms with Crippen molar-refractivity contribution >= 4 is 0 Å². The van der Waals surface area contributed by atoms with Gasteiger partial charge in [0.25, 0.3) is 0 Å². The van der Waals surface area contributed by atoms with Gasteiger partial charge in [-0.1, -0.05) is 44.2 Å². The summed E-state index contributed by atoms with van der Waals surface area (Å²) < 4.78 is 25.6. The molecule has 0 nitrogen and oxygen atoms in total. The monoisotopic (exact) mass is 226 g/mol. The maximum Gasteiger partial charge on any atom is 0.245 e. The van der Waals surface area contributed by atoms with E-state index in [0.717, 1.165) is 13.3 Å². The molecule has 1 aromatic carbocycles. The van der Waals surface area contributed by atoms with Gasteiger partial charge in [0.15, 0.2) is 0 Å². The lowest BCUT2D eigenvalue weighted by molar-refractivity contribution is 0.00121. The van der Waals surface area contributed by atoms with Crippen molar-refractivity contribution in [2.75, 3.05) is 0 Å². The number of rotatable bonds is 5. The Balaban J connectivity index is 2.52. The normalized spacial score (nSPS) is 12.8. The van der Waals surface area contributed by atoms with Gasteiger partial charge in [0.2, 0.25) is 5.92 Å². The van der Waals surface area contributed by atoms with Crippen LogP contribution in [0.25, 0.3) is 0 Å². The first kappa shape index (κ1) is 13.1. The third kappa shape index (κ3) is 5.24. The Morgan fingerprint density at radius 3 is 2.00 bits per heavy atom. The van der Waals surface area contributed by atoms with Gasteiger partial charge in [-0.15, -0.1) is 0 Å². The van der Waals surface area contributed by atoms with Crippen LogP contribution in [-0.2, 0) is 6.42 Å². The summed E-state index contributed by atoms with van der Waals surface area (Å²) in [5.41, 5.74) is 1.15. The van der Waals surface area contributed by atoms with E-state index in [-0.39, 0.29) is 11.8 Å². The topological polar surface area (TPSA) is 0 Å². The minimum Gasteiger partial charge on any atom is -0.207 e. The summed E-state index contributed by atoms with van der Waals surface area (Å²) in [5, 5.41) is 0. The molecular weight excluding hydrogens is 206 g/mol. The van der Waals surface area contributed by atoms with Crippen molar-refractivity contribution in [3.05, 3.63) is 35.9 Å². The fourth-order valence-corrected chi connectivity index (χ4v) is 1.79.